The molecular formula is C29H21ClN2O6. The number of halogens is 1. The first-order chi connectivity index (χ1) is 18.2. The Morgan fingerprint density at radius 2 is 0.895 bits per heavy atom. The number of rotatable bonds is 5. The van der Waals surface area contributed by atoms with Gasteiger partial charge in [0.05, 0.1) is 4.92 Å². The van der Waals surface area contributed by atoms with Crippen molar-refractivity contribution in [3.8, 4) is 39.3 Å². The largest absolute Gasteiger partial charge is 0.340 e. The maximum atomic E-state index is 12.0. The van der Waals surface area contributed by atoms with E-state index in [9.17, 15) is 10.1 Å². The van der Waals surface area contributed by atoms with Crippen LogP contribution in [0.5, 0.6) is 0 Å². The number of hydrogen-bond donors (Lipinski definition) is 0. The van der Waals surface area contributed by atoms with Crippen molar-refractivity contribution >= 4 is 5.69 Å². The van der Waals surface area contributed by atoms with E-state index in [0.717, 1.165) is 33.6 Å². The second-order valence-electron chi connectivity index (χ2n) is 8.07. The number of nitrogens with zero attached hydrogens (tertiary/aromatic N) is 2. The van der Waals surface area contributed by atoms with Gasteiger partial charge in [-0.05, 0) is 35.4 Å². The van der Waals surface area contributed by atoms with Crippen molar-refractivity contribution in [2.45, 2.75) is 0 Å². The van der Waals surface area contributed by atoms with E-state index < -0.39 is 10.2 Å². The Balaban J connectivity index is 0.000000617. The highest BCUT2D eigenvalue weighted by atomic mass is 35.7. The van der Waals surface area contributed by atoms with Gasteiger partial charge in [0.2, 0.25) is 11.4 Å². The maximum absolute atomic E-state index is 12.0. The van der Waals surface area contributed by atoms with E-state index in [4.69, 9.17) is 18.6 Å². The van der Waals surface area contributed by atoms with Crippen molar-refractivity contribution in [2.75, 3.05) is 0 Å². The molecule has 0 aliphatic heterocycles. The van der Waals surface area contributed by atoms with Crippen molar-refractivity contribution in [3.63, 3.8) is 0 Å². The molecule has 0 radical (unpaired) electrons. The van der Waals surface area contributed by atoms with E-state index in [2.05, 4.69) is 24.3 Å². The molecule has 0 aliphatic carbocycles. The van der Waals surface area contributed by atoms with Gasteiger partial charge in [-0.3, -0.25) is 10.1 Å². The predicted octanol–water partition coefficient (Wildman–Crippen LogP) is 2.12. The van der Waals surface area contributed by atoms with Crippen molar-refractivity contribution in [1.82, 2.24) is 0 Å². The number of hydrogen-bond acceptors (Lipinski definition) is 6. The third-order valence-corrected chi connectivity index (χ3v) is 5.63. The van der Waals surface area contributed by atoms with E-state index in [1.807, 2.05) is 89.5 Å². The van der Waals surface area contributed by atoms with Crippen LogP contribution in [-0.2, 0) is 0 Å². The number of nitro groups is 1. The van der Waals surface area contributed by atoms with Gasteiger partial charge < -0.3 is 0 Å². The van der Waals surface area contributed by atoms with Gasteiger partial charge in [-0.2, -0.15) is 0 Å². The summed E-state index contributed by atoms with van der Waals surface area (Å²) in [5.41, 5.74) is 6.43. The fourth-order valence-electron chi connectivity index (χ4n) is 4.10. The molecule has 8 nitrogen and oxygen atoms in total. The van der Waals surface area contributed by atoms with Gasteiger partial charge in [0, 0.05) is 35.4 Å². The molecule has 1 aromatic heterocycles. The SMILES string of the molecule is O=[N+]([O-])c1ccccc1-[n+]1c(-c2ccccc2)cc(-c2ccccc2)cc1-c1ccccc1.[O-][Cl+3]([O-])([O-])[O-]. The van der Waals surface area contributed by atoms with Gasteiger partial charge in [-0.15, -0.1) is 14.8 Å². The lowest BCUT2D eigenvalue weighted by atomic mass is 9.98. The van der Waals surface area contributed by atoms with Gasteiger partial charge in [0.25, 0.3) is 5.69 Å². The summed E-state index contributed by atoms with van der Waals surface area (Å²) in [7, 11) is -4.94. The first-order valence-electron chi connectivity index (χ1n) is 11.3. The molecule has 0 amide bonds. The number of para-hydroxylation sites is 2. The summed E-state index contributed by atoms with van der Waals surface area (Å²) >= 11 is 0. The van der Waals surface area contributed by atoms with Gasteiger partial charge in [-0.25, -0.2) is 18.6 Å². The van der Waals surface area contributed by atoms with Crippen molar-refractivity contribution in [2.24, 2.45) is 0 Å². The van der Waals surface area contributed by atoms with Gasteiger partial charge in [-0.1, -0.05) is 78.9 Å². The summed E-state index contributed by atoms with van der Waals surface area (Å²) in [5, 5.41) is 12.0. The smallest absolute Gasteiger partial charge is 0.258 e. The van der Waals surface area contributed by atoms with Crippen LogP contribution < -0.4 is 23.2 Å². The molecule has 0 saturated heterocycles. The van der Waals surface area contributed by atoms with Gasteiger partial charge in [0.15, 0.2) is 0 Å². The molecule has 0 aliphatic rings. The number of pyridine rings is 1. The lowest BCUT2D eigenvalue weighted by Crippen LogP contribution is -2.68. The van der Waals surface area contributed by atoms with Crippen LogP contribution >= 0.6 is 0 Å². The van der Waals surface area contributed by atoms with Crippen LogP contribution in [0.2, 0.25) is 0 Å². The van der Waals surface area contributed by atoms with Crippen LogP contribution in [0.15, 0.2) is 127 Å². The Morgan fingerprint density at radius 3 is 1.32 bits per heavy atom. The topological polar surface area (TPSA) is 139 Å². The number of nitro benzene ring substituents is 1. The van der Waals surface area contributed by atoms with Gasteiger partial charge in [0.1, 0.15) is 0 Å². The lowest BCUT2D eigenvalue weighted by molar-refractivity contribution is -2.00. The fourth-order valence-corrected chi connectivity index (χ4v) is 4.10. The second-order valence-corrected chi connectivity index (χ2v) is 8.83. The predicted molar refractivity (Wildman–Crippen MR) is 131 cm³/mol. The molecule has 0 fully saturated rings. The lowest BCUT2D eigenvalue weighted by Gasteiger charge is -2.17. The van der Waals surface area contributed by atoms with E-state index >= 15 is 0 Å². The second kappa shape index (κ2) is 11.7. The highest BCUT2D eigenvalue weighted by Gasteiger charge is 2.30. The van der Waals surface area contributed by atoms with E-state index in [1.165, 1.54) is 0 Å². The molecule has 0 saturated carbocycles. The summed E-state index contributed by atoms with van der Waals surface area (Å²) in [6, 6.07) is 41.3. The van der Waals surface area contributed by atoms with E-state index in [0.29, 0.717) is 5.69 Å². The van der Waals surface area contributed by atoms with Gasteiger partial charge >= 0.3 is 5.69 Å². The monoisotopic (exact) mass is 528 g/mol. The first kappa shape index (κ1) is 26.6. The van der Waals surface area contributed by atoms with E-state index in [1.54, 1.807) is 18.2 Å². The van der Waals surface area contributed by atoms with Crippen LogP contribution in [0.25, 0.3) is 39.3 Å². The maximum Gasteiger partial charge on any atom is 0.340 e. The molecule has 5 aromatic rings. The third kappa shape index (κ3) is 6.65. The van der Waals surface area contributed by atoms with Crippen molar-refractivity contribution in [3.05, 3.63) is 138 Å². The molecule has 0 atom stereocenters. The molecule has 0 N–H and O–H groups in total. The summed E-state index contributed by atoms with van der Waals surface area (Å²) < 4.78 is 36.0. The average molecular weight is 529 g/mol. The number of aromatic nitrogens is 1. The van der Waals surface area contributed by atoms with Crippen LogP contribution in [0.1, 0.15) is 0 Å². The molecule has 38 heavy (non-hydrogen) atoms. The zero-order valence-corrected chi connectivity index (χ0v) is 20.6. The molecule has 5 rings (SSSR count). The Labute approximate surface area is 220 Å². The first-order valence-corrected chi connectivity index (χ1v) is 12.6. The molecule has 190 valence electrons. The Kier molecular flexibility index (Phi) is 8.22. The molecule has 0 bridgehead atoms. The average Bonchev–Trinajstić information content (AvgIpc) is 2.93. The zero-order valence-electron chi connectivity index (χ0n) is 19.8. The standard InChI is InChI=1S/C29H21N2O2.ClHO4/c32-31(33)27-19-11-10-18-26(27)30-28(23-14-6-2-7-15-23)20-25(22-12-4-1-5-13-22)21-29(30)24-16-8-3-9-17-24;2-1(3,4)5/h1-21H;(H,2,3,4,5)/q+1;/p-1. The summed E-state index contributed by atoms with van der Waals surface area (Å²) in [6.07, 6.45) is 0. The van der Waals surface area contributed by atoms with E-state index in [-0.39, 0.29) is 10.6 Å². The summed E-state index contributed by atoms with van der Waals surface area (Å²) in [5.74, 6) is 0. The Morgan fingerprint density at radius 1 is 0.526 bits per heavy atom. The molecule has 9 heteroatoms. The highest BCUT2D eigenvalue weighted by Crippen LogP contribution is 2.32. The van der Waals surface area contributed by atoms with Crippen LogP contribution in [0.4, 0.5) is 5.69 Å². The Bertz CT molecular complexity index is 1460. The molecule has 0 spiro atoms. The van der Waals surface area contributed by atoms with Crippen LogP contribution in [0, 0.1) is 20.4 Å². The fraction of sp³-hybridized carbons (Fsp3) is 0. The third-order valence-electron chi connectivity index (χ3n) is 5.63. The highest BCUT2D eigenvalue weighted by molar-refractivity contribution is 5.74. The minimum Gasteiger partial charge on any atom is -0.258 e. The molecule has 0 unspecified atom stereocenters. The quantitative estimate of drug-likeness (QED) is 0.194. The van der Waals surface area contributed by atoms with Crippen LogP contribution in [0.3, 0.4) is 0 Å². The number of benzene rings is 4. The zero-order chi connectivity index (χ0) is 27.1. The normalized spacial score (nSPS) is 10.8. The van der Waals surface area contributed by atoms with Crippen molar-refractivity contribution in [1.29, 1.82) is 0 Å². The Hall–Kier alpha value is -4.44. The van der Waals surface area contributed by atoms with Crippen molar-refractivity contribution < 1.29 is 38.4 Å². The molecule has 1 heterocycles. The molecular weight excluding hydrogens is 508 g/mol. The minimum absolute atomic E-state index is 0.0596. The summed E-state index contributed by atoms with van der Waals surface area (Å²) in [4.78, 5) is 11.6. The minimum atomic E-state index is -4.94. The van der Waals surface area contributed by atoms with Crippen LogP contribution in [-0.4, -0.2) is 4.92 Å². The summed E-state index contributed by atoms with van der Waals surface area (Å²) in [6.45, 7) is 0. The molecule has 4 aromatic carbocycles.